The lowest BCUT2D eigenvalue weighted by atomic mass is 9.81. The van der Waals surface area contributed by atoms with Crippen LogP contribution in [0, 0.1) is 5.41 Å². The summed E-state index contributed by atoms with van der Waals surface area (Å²) in [7, 11) is 0. The van der Waals surface area contributed by atoms with Crippen LogP contribution in [-0.4, -0.2) is 35.4 Å². The monoisotopic (exact) mass is 240 g/mol. The summed E-state index contributed by atoms with van der Waals surface area (Å²) in [5.74, 6) is 0.0951. The second-order valence-corrected chi connectivity index (χ2v) is 4.66. The number of nitrogens with two attached hydrogens (primary N) is 1. The predicted octanol–water partition coefficient (Wildman–Crippen LogP) is 1.68. The maximum absolute atomic E-state index is 12.0. The maximum Gasteiger partial charge on any atom is 0.318 e. The van der Waals surface area contributed by atoms with Crippen LogP contribution in [0.1, 0.15) is 46.0 Å². The van der Waals surface area contributed by atoms with Gasteiger partial charge in [0.05, 0.1) is 5.54 Å². The molecule has 0 spiro atoms. The Labute approximate surface area is 103 Å². The van der Waals surface area contributed by atoms with E-state index < -0.39 is 5.54 Å². The van der Waals surface area contributed by atoms with E-state index in [1.807, 2.05) is 13.8 Å². The largest absolute Gasteiger partial charge is 0.386 e. The van der Waals surface area contributed by atoms with Crippen LogP contribution in [0.15, 0.2) is 0 Å². The average Bonchev–Trinajstić information content (AvgIpc) is 2.31. The van der Waals surface area contributed by atoms with E-state index in [4.69, 9.17) is 11.1 Å². The summed E-state index contributed by atoms with van der Waals surface area (Å²) in [6.07, 6.45) is 4.79. The first-order valence-corrected chi connectivity index (χ1v) is 6.47. The van der Waals surface area contributed by atoms with E-state index in [1.165, 1.54) is 0 Å². The van der Waals surface area contributed by atoms with Gasteiger partial charge in [-0.15, -0.1) is 0 Å². The number of hydrogen-bond acceptors (Lipinski definition) is 2. The third-order valence-corrected chi connectivity index (χ3v) is 3.62. The first-order valence-electron chi connectivity index (χ1n) is 6.47. The summed E-state index contributed by atoms with van der Waals surface area (Å²) in [4.78, 5) is 13.8. The summed E-state index contributed by atoms with van der Waals surface area (Å²) in [5, 5.41) is 10.7. The zero-order chi connectivity index (χ0) is 12.9. The van der Waals surface area contributed by atoms with Crippen molar-refractivity contribution in [2.45, 2.75) is 51.5 Å². The van der Waals surface area contributed by atoms with Gasteiger partial charge in [-0.1, -0.05) is 19.3 Å². The summed E-state index contributed by atoms with van der Waals surface area (Å²) in [6.45, 7) is 5.25. The van der Waals surface area contributed by atoms with E-state index >= 15 is 0 Å². The molecule has 1 saturated carbocycles. The van der Waals surface area contributed by atoms with E-state index in [2.05, 4.69) is 5.32 Å². The van der Waals surface area contributed by atoms with Crippen molar-refractivity contribution in [3.63, 3.8) is 0 Å². The molecule has 0 aromatic carbocycles. The third-order valence-electron chi connectivity index (χ3n) is 3.62. The van der Waals surface area contributed by atoms with Gasteiger partial charge in [0.1, 0.15) is 5.84 Å². The van der Waals surface area contributed by atoms with Gasteiger partial charge in [-0.25, -0.2) is 4.79 Å². The van der Waals surface area contributed by atoms with Crippen molar-refractivity contribution in [3.05, 3.63) is 0 Å². The standard InChI is InChI=1S/C12H24N4O/c1-3-16(4-2)11(17)15-12(10(13)14)8-6-5-7-9-12/h3-9H2,1-2H3,(H3,13,14)(H,15,17). The Morgan fingerprint density at radius 2 is 1.82 bits per heavy atom. The second kappa shape index (κ2) is 5.89. The molecule has 0 aromatic heterocycles. The molecule has 4 N–H and O–H groups in total. The van der Waals surface area contributed by atoms with Crippen LogP contribution < -0.4 is 11.1 Å². The summed E-state index contributed by atoms with van der Waals surface area (Å²) < 4.78 is 0. The molecule has 1 aliphatic rings. The van der Waals surface area contributed by atoms with E-state index in [0.717, 1.165) is 32.1 Å². The Morgan fingerprint density at radius 1 is 1.29 bits per heavy atom. The molecule has 1 fully saturated rings. The lowest BCUT2D eigenvalue weighted by Crippen LogP contribution is -2.60. The number of amidine groups is 1. The third kappa shape index (κ3) is 3.11. The number of carbonyl (C=O) groups excluding carboxylic acids is 1. The molecule has 0 bridgehead atoms. The highest BCUT2D eigenvalue weighted by Gasteiger charge is 2.37. The van der Waals surface area contributed by atoms with E-state index in [0.29, 0.717) is 13.1 Å². The zero-order valence-electron chi connectivity index (χ0n) is 10.9. The fraction of sp³-hybridized carbons (Fsp3) is 0.833. The van der Waals surface area contributed by atoms with Crippen molar-refractivity contribution in [1.29, 1.82) is 5.41 Å². The summed E-state index contributed by atoms with van der Waals surface area (Å²) >= 11 is 0. The van der Waals surface area contributed by atoms with E-state index in [9.17, 15) is 4.79 Å². The van der Waals surface area contributed by atoms with Gasteiger partial charge in [0.2, 0.25) is 0 Å². The number of nitrogens with zero attached hydrogens (tertiary/aromatic N) is 1. The zero-order valence-corrected chi connectivity index (χ0v) is 10.9. The molecule has 1 rings (SSSR count). The number of amides is 2. The molecule has 0 radical (unpaired) electrons. The maximum atomic E-state index is 12.0. The van der Waals surface area contributed by atoms with Gasteiger partial charge < -0.3 is 16.0 Å². The van der Waals surface area contributed by atoms with Crippen molar-refractivity contribution < 1.29 is 4.79 Å². The summed E-state index contributed by atoms with van der Waals surface area (Å²) in [6, 6.07) is -0.105. The normalized spacial score (nSPS) is 18.5. The number of rotatable bonds is 4. The van der Waals surface area contributed by atoms with Gasteiger partial charge in [-0.05, 0) is 26.7 Å². The number of urea groups is 1. The minimum Gasteiger partial charge on any atom is -0.386 e. The van der Waals surface area contributed by atoms with Crippen molar-refractivity contribution in [1.82, 2.24) is 10.2 Å². The molecule has 5 heteroatoms. The molecule has 0 heterocycles. The Morgan fingerprint density at radius 3 is 2.24 bits per heavy atom. The molecular weight excluding hydrogens is 216 g/mol. The first kappa shape index (κ1) is 13.8. The van der Waals surface area contributed by atoms with Gasteiger partial charge >= 0.3 is 6.03 Å². The van der Waals surface area contributed by atoms with Gasteiger partial charge in [-0.3, -0.25) is 5.41 Å². The van der Waals surface area contributed by atoms with E-state index in [-0.39, 0.29) is 11.9 Å². The highest BCUT2D eigenvalue weighted by Crippen LogP contribution is 2.28. The van der Waals surface area contributed by atoms with Crippen LogP contribution in [0.2, 0.25) is 0 Å². The van der Waals surface area contributed by atoms with Crippen LogP contribution in [-0.2, 0) is 0 Å². The van der Waals surface area contributed by atoms with Crippen LogP contribution in [0.4, 0.5) is 4.79 Å². The van der Waals surface area contributed by atoms with Crippen molar-refractivity contribution in [2.24, 2.45) is 5.73 Å². The molecule has 98 valence electrons. The first-order chi connectivity index (χ1) is 8.05. The fourth-order valence-electron chi connectivity index (χ4n) is 2.41. The number of carbonyl (C=O) groups is 1. The van der Waals surface area contributed by atoms with Crippen LogP contribution in [0.5, 0.6) is 0 Å². The lowest BCUT2D eigenvalue weighted by Gasteiger charge is -2.38. The Hall–Kier alpha value is -1.26. The molecule has 0 saturated heterocycles. The lowest BCUT2D eigenvalue weighted by molar-refractivity contribution is 0.188. The average molecular weight is 240 g/mol. The smallest absolute Gasteiger partial charge is 0.318 e. The Bertz CT molecular complexity index is 280. The quantitative estimate of drug-likeness (QED) is 0.516. The molecule has 2 amide bonds. The Balaban J connectivity index is 2.73. The van der Waals surface area contributed by atoms with Crippen molar-refractivity contribution in [2.75, 3.05) is 13.1 Å². The minimum absolute atomic E-state index is 0.0951. The van der Waals surface area contributed by atoms with Crippen molar-refractivity contribution >= 4 is 11.9 Å². The SMILES string of the molecule is CCN(CC)C(=O)NC1(C(=N)N)CCCCC1. The van der Waals surface area contributed by atoms with Crippen molar-refractivity contribution in [3.8, 4) is 0 Å². The Kier molecular flexibility index (Phi) is 4.78. The predicted molar refractivity (Wildman–Crippen MR) is 69.2 cm³/mol. The number of hydrogen-bond donors (Lipinski definition) is 3. The molecule has 0 aromatic rings. The van der Waals surface area contributed by atoms with Crippen LogP contribution in [0.25, 0.3) is 0 Å². The fourth-order valence-corrected chi connectivity index (χ4v) is 2.41. The topological polar surface area (TPSA) is 82.2 Å². The molecule has 0 unspecified atom stereocenters. The molecule has 0 aliphatic heterocycles. The van der Waals surface area contributed by atoms with Crippen LogP contribution >= 0.6 is 0 Å². The highest BCUT2D eigenvalue weighted by atomic mass is 16.2. The van der Waals surface area contributed by atoms with Gasteiger partial charge in [0.25, 0.3) is 0 Å². The van der Waals surface area contributed by atoms with Gasteiger partial charge in [-0.2, -0.15) is 0 Å². The summed E-state index contributed by atoms with van der Waals surface area (Å²) in [5.41, 5.74) is 5.08. The minimum atomic E-state index is -0.599. The molecule has 17 heavy (non-hydrogen) atoms. The molecule has 0 atom stereocenters. The highest BCUT2D eigenvalue weighted by molar-refractivity contribution is 5.91. The van der Waals surface area contributed by atoms with Gasteiger partial charge in [0, 0.05) is 13.1 Å². The molecule has 5 nitrogen and oxygen atoms in total. The molecule has 1 aliphatic carbocycles. The number of nitrogens with one attached hydrogen (secondary N) is 2. The second-order valence-electron chi connectivity index (χ2n) is 4.66. The van der Waals surface area contributed by atoms with E-state index in [1.54, 1.807) is 4.90 Å². The molecular formula is C12H24N4O. The van der Waals surface area contributed by atoms with Gasteiger partial charge in [0.15, 0.2) is 0 Å². The van der Waals surface area contributed by atoms with Crippen LogP contribution in [0.3, 0.4) is 0 Å².